The predicted octanol–water partition coefficient (Wildman–Crippen LogP) is 5.17. The highest BCUT2D eigenvalue weighted by Gasteiger charge is 2.14. The molecule has 0 unspecified atom stereocenters. The number of aryl methyl sites for hydroxylation is 1. The average molecular weight is 374 g/mol. The fraction of sp³-hybridized carbons (Fsp3) is 0.333. The van der Waals surface area contributed by atoms with E-state index in [-0.39, 0.29) is 5.15 Å². The van der Waals surface area contributed by atoms with Gasteiger partial charge in [-0.15, -0.1) is 0 Å². The van der Waals surface area contributed by atoms with E-state index in [0.717, 1.165) is 29.1 Å². The second-order valence-corrected chi connectivity index (χ2v) is 6.68. The van der Waals surface area contributed by atoms with Gasteiger partial charge in [0, 0.05) is 19.7 Å². The molecule has 0 aliphatic rings. The third kappa shape index (κ3) is 4.50. The molecule has 2 aromatic rings. The lowest BCUT2D eigenvalue weighted by atomic mass is 10.2. The van der Waals surface area contributed by atoms with Crippen molar-refractivity contribution in [1.29, 1.82) is 0 Å². The van der Waals surface area contributed by atoms with Crippen molar-refractivity contribution in [3.05, 3.63) is 27.2 Å². The molecular formula is C15H17Cl2N3O2S. The second-order valence-electron chi connectivity index (χ2n) is 4.75. The first-order valence-electron chi connectivity index (χ1n) is 6.87. The number of nitrogens with zero attached hydrogens (tertiary/aromatic N) is 3. The van der Waals surface area contributed by atoms with E-state index >= 15 is 0 Å². The van der Waals surface area contributed by atoms with Crippen LogP contribution in [-0.2, 0) is 0 Å². The maximum atomic E-state index is 5.90. The Balaban J connectivity index is 2.30. The summed E-state index contributed by atoms with van der Waals surface area (Å²) >= 11 is 12.9. The van der Waals surface area contributed by atoms with E-state index in [2.05, 4.69) is 16.9 Å². The maximum absolute atomic E-state index is 5.90. The van der Waals surface area contributed by atoms with Gasteiger partial charge in [-0.25, -0.2) is 4.99 Å². The number of aliphatic imine (C=N–C) groups is 1. The molecule has 124 valence electrons. The number of methoxy groups -OCH3 is 1. The molecule has 1 aromatic heterocycles. The molecule has 0 aliphatic heterocycles. The van der Waals surface area contributed by atoms with Crippen LogP contribution in [0.3, 0.4) is 0 Å². The lowest BCUT2D eigenvalue weighted by Crippen LogP contribution is -2.14. The largest absolute Gasteiger partial charge is 0.493 e. The van der Waals surface area contributed by atoms with Crippen LogP contribution in [0.15, 0.2) is 17.1 Å². The van der Waals surface area contributed by atoms with Crippen LogP contribution in [0.25, 0.3) is 0 Å². The van der Waals surface area contributed by atoms with E-state index in [0.29, 0.717) is 21.0 Å². The predicted molar refractivity (Wildman–Crippen MR) is 96.4 cm³/mol. The van der Waals surface area contributed by atoms with E-state index in [4.69, 9.17) is 32.7 Å². The van der Waals surface area contributed by atoms with Crippen molar-refractivity contribution in [2.75, 3.05) is 20.7 Å². The van der Waals surface area contributed by atoms with Crippen molar-refractivity contribution in [3.63, 3.8) is 0 Å². The zero-order valence-corrected chi connectivity index (χ0v) is 15.6. The summed E-state index contributed by atoms with van der Waals surface area (Å²) in [6, 6.07) is 3.67. The van der Waals surface area contributed by atoms with Crippen LogP contribution in [0, 0.1) is 6.92 Å². The molecule has 0 radical (unpaired) electrons. The summed E-state index contributed by atoms with van der Waals surface area (Å²) in [5.74, 6) is 1.10. The average Bonchev–Trinajstić information content (AvgIpc) is 2.84. The van der Waals surface area contributed by atoms with Gasteiger partial charge in [0.25, 0.3) is 5.19 Å². The third-order valence-corrected chi connectivity index (χ3v) is 4.72. The Bertz CT molecular complexity index is 699. The van der Waals surface area contributed by atoms with Crippen LogP contribution in [0.4, 0.5) is 5.69 Å². The van der Waals surface area contributed by atoms with Crippen molar-refractivity contribution >= 4 is 46.6 Å². The number of benzene rings is 1. The van der Waals surface area contributed by atoms with E-state index in [9.17, 15) is 0 Å². The van der Waals surface area contributed by atoms with Crippen molar-refractivity contribution in [3.8, 4) is 16.7 Å². The van der Waals surface area contributed by atoms with Gasteiger partial charge in [0.2, 0.25) is 0 Å². The van der Waals surface area contributed by atoms with E-state index in [1.54, 1.807) is 13.4 Å². The SMILES string of the molecule is CCN(C)C=Nc1cc(OC)c(Oc2nc(Cl)c(Cl)s2)cc1C. The van der Waals surface area contributed by atoms with Gasteiger partial charge in [-0.05, 0) is 25.5 Å². The minimum absolute atomic E-state index is 0.228. The number of ether oxygens (including phenoxy) is 2. The van der Waals surface area contributed by atoms with Crippen molar-refractivity contribution in [2.24, 2.45) is 4.99 Å². The Morgan fingerprint density at radius 2 is 2.09 bits per heavy atom. The van der Waals surface area contributed by atoms with Gasteiger partial charge >= 0.3 is 0 Å². The first kappa shape index (κ1) is 17.8. The van der Waals surface area contributed by atoms with Gasteiger partial charge in [0.15, 0.2) is 16.7 Å². The van der Waals surface area contributed by atoms with Crippen LogP contribution < -0.4 is 9.47 Å². The molecule has 0 spiro atoms. The number of halogens is 2. The molecule has 1 heterocycles. The molecule has 5 nitrogen and oxygen atoms in total. The number of hydrogen-bond donors (Lipinski definition) is 0. The van der Waals surface area contributed by atoms with Gasteiger partial charge in [0.05, 0.1) is 19.1 Å². The highest BCUT2D eigenvalue weighted by Crippen LogP contribution is 2.40. The summed E-state index contributed by atoms with van der Waals surface area (Å²) in [6.07, 6.45) is 1.78. The molecule has 0 saturated carbocycles. The van der Waals surface area contributed by atoms with Crippen LogP contribution in [-0.4, -0.2) is 36.9 Å². The van der Waals surface area contributed by atoms with Gasteiger partial charge in [-0.1, -0.05) is 34.5 Å². The van der Waals surface area contributed by atoms with Crippen LogP contribution in [0.2, 0.25) is 9.49 Å². The van der Waals surface area contributed by atoms with Crippen LogP contribution >= 0.6 is 34.5 Å². The molecular weight excluding hydrogens is 357 g/mol. The molecule has 0 fully saturated rings. The zero-order valence-electron chi connectivity index (χ0n) is 13.3. The van der Waals surface area contributed by atoms with Crippen molar-refractivity contribution < 1.29 is 9.47 Å². The molecule has 8 heteroatoms. The quantitative estimate of drug-likeness (QED) is 0.517. The Kier molecular flexibility index (Phi) is 6.10. The zero-order chi connectivity index (χ0) is 17.0. The van der Waals surface area contributed by atoms with Gasteiger partial charge < -0.3 is 14.4 Å². The molecule has 0 amide bonds. The lowest BCUT2D eigenvalue weighted by Gasteiger charge is -2.12. The van der Waals surface area contributed by atoms with Crippen LogP contribution in [0.5, 0.6) is 16.7 Å². The number of rotatable bonds is 6. The minimum Gasteiger partial charge on any atom is -0.493 e. The summed E-state index contributed by atoms with van der Waals surface area (Å²) < 4.78 is 11.5. The Morgan fingerprint density at radius 1 is 1.35 bits per heavy atom. The molecule has 23 heavy (non-hydrogen) atoms. The monoisotopic (exact) mass is 373 g/mol. The first-order valence-corrected chi connectivity index (χ1v) is 8.44. The summed E-state index contributed by atoms with van der Waals surface area (Å²) in [5.41, 5.74) is 1.76. The normalized spacial score (nSPS) is 11.0. The number of hydrogen-bond acceptors (Lipinski definition) is 5. The smallest absolute Gasteiger partial charge is 0.281 e. The summed E-state index contributed by atoms with van der Waals surface area (Å²) in [5, 5.41) is 0.589. The highest BCUT2D eigenvalue weighted by molar-refractivity contribution is 7.18. The molecule has 2 rings (SSSR count). The van der Waals surface area contributed by atoms with E-state index in [1.165, 1.54) is 0 Å². The van der Waals surface area contributed by atoms with Gasteiger partial charge in [-0.3, -0.25) is 0 Å². The minimum atomic E-state index is 0.228. The third-order valence-electron chi connectivity index (χ3n) is 3.10. The molecule has 0 aliphatic carbocycles. The molecule has 1 aromatic carbocycles. The first-order chi connectivity index (χ1) is 10.9. The molecule has 0 saturated heterocycles. The van der Waals surface area contributed by atoms with Gasteiger partial charge in [-0.2, -0.15) is 4.98 Å². The Morgan fingerprint density at radius 3 is 2.65 bits per heavy atom. The number of aromatic nitrogens is 1. The molecule has 0 atom stereocenters. The van der Waals surface area contributed by atoms with E-state index in [1.807, 2.05) is 31.0 Å². The van der Waals surface area contributed by atoms with Crippen LogP contribution in [0.1, 0.15) is 12.5 Å². The van der Waals surface area contributed by atoms with Crippen molar-refractivity contribution in [2.45, 2.75) is 13.8 Å². The highest BCUT2D eigenvalue weighted by atomic mass is 35.5. The standard InChI is InChI=1S/C15H17Cl2N3O2S/c1-5-20(3)8-18-10-7-11(21-4)12(6-9(10)2)22-15-19-13(16)14(17)23-15/h6-8H,5H2,1-4H3. The molecule has 0 N–H and O–H groups in total. The summed E-state index contributed by atoms with van der Waals surface area (Å²) in [7, 11) is 3.54. The van der Waals surface area contributed by atoms with Crippen molar-refractivity contribution in [1.82, 2.24) is 9.88 Å². The fourth-order valence-corrected chi connectivity index (χ4v) is 2.71. The summed E-state index contributed by atoms with van der Waals surface area (Å²) in [6.45, 7) is 4.89. The maximum Gasteiger partial charge on any atom is 0.281 e. The fourth-order valence-electron chi connectivity index (χ4n) is 1.68. The van der Waals surface area contributed by atoms with E-state index < -0.39 is 0 Å². The second kappa shape index (κ2) is 7.86. The lowest BCUT2D eigenvalue weighted by molar-refractivity contribution is 0.378. The topological polar surface area (TPSA) is 47.0 Å². The number of thiazole rings is 1. The van der Waals surface area contributed by atoms with Gasteiger partial charge in [0.1, 0.15) is 4.34 Å². The Labute approximate surface area is 149 Å². The molecule has 0 bridgehead atoms. The Hall–Kier alpha value is -1.50. The summed E-state index contributed by atoms with van der Waals surface area (Å²) in [4.78, 5) is 10.5.